The normalized spacial score (nSPS) is 18.2. The molecular formula is C25H29N2O2SSe. The van der Waals surface area contributed by atoms with E-state index in [0.29, 0.717) is 5.32 Å². The van der Waals surface area contributed by atoms with Crippen molar-refractivity contribution in [3.05, 3.63) is 102 Å². The maximum absolute atomic E-state index is 13.1. The van der Waals surface area contributed by atoms with Crippen molar-refractivity contribution in [1.29, 1.82) is 0 Å². The molecule has 1 aliphatic carbocycles. The molecule has 0 amide bonds. The van der Waals surface area contributed by atoms with Crippen LogP contribution in [-0.4, -0.2) is 47.2 Å². The van der Waals surface area contributed by atoms with Gasteiger partial charge in [0.1, 0.15) is 0 Å². The zero-order chi connectivity index (χ0) is 22.4. The SMILES string of the molecule is Cc1ccc(S(=O)(=O)/N=[Se](\C/C=C\c2ccccc2)[C]2[CH][CH][CH][C]2[C@@H](C)N(C)C)cc1. The topological polar surface area (TPSA) is 49.7 Å². The predicted molar refractivity (Wildman–Crippen MR) is 129 cm³/mol. The van der Waals surface area contributed by atoms with Crippen molar-refractivity contribution in [1.82, 2.24) is 4.90 Å². The molecule has 2 aromatic carbocycles. The Morgan fingerprint density at radius 2 is 1.71 bits per heavy atom. The molecule has 0 saturated heterocycles. The minimum absolute atomic E-state index is 0.187. The first-order valence-electron chi connectivity index (χ1n) is 10.2. The Kier molecular flexibility index (Phi) is 8.40. The van der Waals surface area contributed by atoms with Gasteiger partial charge in [0.25, 0.3) is 0 Å². The number of hydrogen-bond acceptors (Lipinski definition) is 3. The second-order valence-corrected chi connectivity index (χ2v) is 13.4. The summed E-state index contributed by atoms with van der Waals surface area (Å²) in [6, 6.07) is 17.1. The molecule has 6 heteroatoms. The van der Waals surface area contributed by atoms with E-state index in [1.165, 1.54) is 0 Å². The maximum atomic E-state index is 13.1. The summed E-state index contributed by atoms with van der Waals surface area (Å²) < 4.78 is 30.8. The summed E-state index contributed by atoms with van der Waals surface area (Å²) in [6.07, 6.45) is 10.2. The Morgan fingerprint density at radius 3 is 2.35 bits per heavy atom. The number of sulfonamides is 1. The van der Waals surface area contributed by atoms with Crippen LogP contribution < -0.4 is 0 Å². The third-order valence-corrected chi connectivity index (χ3v) is 11.7. The number of hydrogen-bond donors (Lipinski definition) is 0. The van der Waals surface area contributed by atoms with E-state index in [-0.39, 0.29) is 10.9 Å². The first-order chi connectivity index (χ1) is 14.8. The fourth-order valence-electron chi connectivity index (χ4n) is 3.13. The summed E-state index contributed by atoms with van der Waals surface area (Å²) in [4.78, 5) is 3.47. The van der Waals surface area contributed by atoms with Gasteiger partial charge in [-0.1, -0.05) is 0 Å². The van der Waals surface area contributed by atoms with Crippen molar-refractivity contribution in [2.24, 2.45) is 3.37 Å². The molecule has 1 fully saturated rings. The van der Waals surface area contributed by atoms with Crippen LogP contribution in [0.1, 0.15) is 18.1 Å². The molecule has 0 heterocycles. The Hall–Kier alpha value is -1.59. The zero-order valence-corrected chi connectivity index (χ0v) is 20.9. The number of allylic oxidation sites excluding steroid dienone is 1. The van der Waals surface area contributed by atoms with Gasteiger partial charge in [-0.15, -0.1) is 0 Å². The molecule has 1 aliphatic rings. The van der Waals surface area contributed by atoms with Crippen LogP contribution in [0.2, 0.25) is 5.32 Å². The molecule has 3 rings (SSSR count). The van der Waals surface area contributed by atoms with Gasteiger partial charge < -0.3 is 0 Å². The minimum atomic E-state index is -3.73. The molecular weight excluding hydrogens is 471 g/mol. The molecule has 1 unspecified atom stereocenters. The average Bonchev–Trinajstić information content (AvgIpc) is 3.23. The summed E-state index contributed by atoms with van der Waals surface area (Å²) in [5.41, 5.74) is 2.12. The van der Waals surface area contributed by atoms with E-state index in [9.17, 15) is 8.42 Å². The van der Waals surface area contributed by atoms with Crippen LogP contribution in [0.25, 0.3) is 6.08 Å². The fourth-order valence-corrected chi connectivity index (χ4v) is 9.52. The monoisotopic (exact) mass is 501 g/mol. The predicted octanol–water partition coefficient (Wildman–Crippen LogP) is 4.92. The standard InChI is InChI=1S/C25H29N2O2SSe/c1-20-15-17-23(18-16-20)30(28,29)26-31(19-9-12-22-10-6-5-7-11-22)25-14-8-13-24(25)21(2)27(3)4/h5-18,21H,19H2,1-4H3/b12-9-/t21-,31?/m1/s1. The second-order valence-electron chi connectivity index (χ2n) is 7.69. The van der Waals surface area contributed by atoms with E-state index in [1.807, 2.05) is 82.4 Å². The molecule has 5 radical (unpaired) electrons. The molecule has 1 saturated carbocycles. The van der Waals surface area contributed by atoms with E-state index in [0.717, 1.165) is 21.9 Å². The van der Waals surface area contributed by atoms with Gasteiger partial charge in [-0.05, 0) is 0 Å². The summed E-state index contributed by atoms with van der Waals surface area (Å²) in [7, 11) is 0.340. The van der Waals surface area contributed by atoms with Crippen molar-refractivity contribution in [3.8, 4) is 0 Å². The zero-order valence-electron chi connectivity index (χ0n) is 18.4. The molecule has 0 aliphatic heterocycles. The molecule has 0 N–H and O–H groups in total. The van der Waals surface area contributed by atoms with Crippen LogP contribution in [0.5, 0.6) is 0 Å². The molecule has 0 bridgehead atoms. The van der Waals surface area contributed by atoms with Crippen molar-refractivity contribution in [2.45, 2.75) is 30.1 Å². The molecule has 163 valence electrons. The molecule has 4 nitrogen and oxygen atoms in total. The first kappa shape index (κ1) is 24.1. The third kappa shape index (κ3) is 6.45. The number of aryl methyl sites for hydroxylation is 1. The van der Waals surface area contributed by atoms with Gasteiger partial charge in [-0.3, -0.25) is 0 Å². The average molecular weight is 501 g/mol. The summed E-state index contributed by atoms with van der Waals surface area (Å²) >= 11 is -2.03. The molecule has 0 aromatic heterocycles. The number of benzene rings is 2. The van der Waals surface area contributed by atoms with Gasteiger partial charge in [0.05, 0.1) is 0 Å². The quantitative estimate of drug-likeness (QED) is 0.484. The Labute approximate surface area is 192 Å². The fraction of sp³-hybridized carbons (Fsp3) is 0.240. The van der Waals surface area contributed by atoms with Gasteiger partial charge in [-0.2, -0.15) is 0 Å². The van der Waals surface area contributed by atoms with Crippen LogP contribution >= 0.6 is 0 Å². The number of nitrogens with zero attached hydrogens (tertiary/aromatic N) is 2. The van der Waals surface area contributed by atoms with Crippen LogP contribution in [-0.2, 0) is 10.0 Å². The Bertz CT molecular complexity index is 1020. The van der Waals surface area contributed by atoms with Crippen LogP contribution in [0.4, 0.5) is 0 Å². The van der Waals surface area contributed by atoms with E-state index >= 15 is 0 Å². The van der Waals surface area contributed by atoms with Crippen LogP contribution in [0.3, 0.4) is 0 Å². The third-order valence-electron chi connectivity index (χ3n) is 5.16. The van der Waals surface area contributed by atoms with Crippen molar-refractivity contribution in [3.63, 3.8) is 0 Å². The van der Waals surface area contributed by atoms with E-state index in [1.54, 1.807) is 12.1 Å². The van der Waals surface area contributed by atoms with E-state index < -0.39 is 23.7 Å². The van der Waals surface area contributed by atoms with Gasteiger partial charge in [0.15, 0.2) is 0 Å². The van der Waals surface area contributed by atoms with Crippen molar-refractivity contribution < 1.29 is 8.42 Å². The summed E-state index contributed by atoms with van der Waals surface area (Å²) in [6.45, 7) is 4.08. The van der Waals surface area contributed by atoms with Crippen LogP contribution in [0, 0.1) is 36.9 Å². The van der Waals surface area contributed by atoms with Gasteiger partial charge >= 0.3 is 192 Å². The van der Waals surface area contributed by atoms with Gasteiger partial charge in [0, 0.05) is 0 Å². The molecule has 2 atom stereocenters. The van der Waals surface area contributed by atoms with Gasteiger partial charge in [0.2, 0.25) is 0 Å². The van der Waals surface area contributed by atoms with Crippen molar-refractivity contribution >= 4 is 29.8 Å². The molecule has 2 aromatic rings. The van der Waals surface area contributed by atoms with E-state index in [4.69, 9.17) is 0 Å². The van der Waals surface area contributed by atoms with Crippen molar-refractivity contribution in [2.75, 3.05) is 14.1 Å². The second kappa shape index (κ2) is 10.8. The van der Waals surface area contributed by atoms with Gasteiger partial charge in [-0.25, -0.2) is 0 Å². The molecule has 31 heavy (non-hydrogen) atoms. The summed E-state index contributed by atoms with van der Waals surface area (Å²) in [5, 5.41) is 0.622. The first-order valence-corrected chi connectivity index (χ1v) is 14.4. The van der Waals surface area contributed by atoms with E-state index in [2.05, 4.69) is 27.7 Å². The number of rotatable bonds is 8. The molecule has 0 spiro atoms. The van der Waals surface area contributed by atoms with Crippen LogP contribution in [0.15, 0.2) is 68.9 Å². The Balaban J connectivity index is 1.94. The Morgan fingerprint density at radius 1 is 1.03 bits per heavy atom. The summed E-state index contributed by atoms with van der Waals surface area (Å²) in [5.74, 6) is 1.16.